The summed E-state index contributed by atoms with van der Waals surface area (Å²) in [6.07, 6.45) is 4.57. The van der Waals surface area contributed by atoms with Crippen molar-refractivity contribution in [1.82, 2.24) is 14.9 Å². The number of nitrogens with zero attached hydrogens (tertiary/aromatic N) is 1. The molecule has 0 radical (unpaired) electrons. The Morgan fingerprint density at radius 2 is 1.36 bits per heavy atom. The zero-order valence-electron chi connectivity index (χ0n) is 23.8. The highest BCUT2D eigenvalue weighted by Gasteiger charge is 2.42. The van der Waals surface area contributed by atoms with Gasteiger partial charge in [0.1, 0.15) is 12.1 Å². The third kappa shape index (κ3) is 7.45. The van der Waals surface area contributed by atoms with Crippen LogP contribution in [-0.4, -0.2) is 55.8 Å². The predicted molar refractivity (Wildman–Crippen MR) is 164 cm³/mol. The first kappa shape index (κ1) is 29.9. The van der Waals surface area contributed by atoms with Crippen molar-refractivity contribution >= 4 is 21.8 Å². The molecule has 9 heteroatoms. The van der Waals surface area contributed by atoms with Gasteiger partial charge in [-0.3, -0.25) is 9.59 Å². The van der Waals surface area contributed by atoms with Crippen LogP contribution in [0.2, 0.25) is 0 Å². The highest BCUT2D eigenvalue weighted by Crippen LogP contribution is 2.32. The van der Waals surface area contributed by atoms with Gasteiger partial charge in [-0.25, -0.2) is 13.1 Å². The molecule has 4 N–H and O–H groups in total. The quantitative estimate of drug-likeness (QED) is 0.334. The van der Waals surface area contributed by atoms with Crippen LogP contribution in [0.1, 0.15) is 61.1 Å². The number of rotatable bonds is 10. The molecule has 0 aromatic heterocycles. The fourth-order valence-electron chi connectivity index (χ4n) is 6.23. The molecule has 3 aromatic carbocycles. The maximum atomic E-state index is 14.5. The van der Waals surface area contributed by atoms with Crippen LogP contribution in [0.15, 0.2) is 91.0 Å². The van der Waals surface area contributed by atoms with Gasteiger partial charge in [0.05, 0.1) is 5.75 Å². The van der Waals surface area contributed by atoms with Gasteiger partial charge in [0, 0.05) is 24.5 Å². The minimum atomic E-state index is -3.94. The molecule has 42 heavy (non-hydrogen) atoms. The topological polar surface area (TPSA) is 122 Å². The lowest BCUT2D eigenvalue weighted by molar-refractivity contribution is -0.140. The molecule has 5 rings (SSSR count). The first-order valence-electron chi connectivity index (χ1n) is 14.8. The first-order chi connectivity index (χ1) is 20.3. The van der Waals surface area contributed by atoms with Gasteiger partial charge in [-0.1, -0.05) is 91.0 Å². The van der Waals surface area contributed by atoms with Crippen molar-refractivity contribution in [2.45, 2.75) is 74.4 Å². The van der Waals surface area contributed by atoms with Crippen molar-refractivity contribution in [3.05, 3.63) is 108 Å². The second-order valence-corrected chi connectivity index (χ2v) is 13.2. The van der Waals surface area contributed by atoms with E-state index in [9.17, 15) is 18.0 Å². The average Bonchev–Trinajstić information content (AvgIpc) is 3.49. The van der Waals surface area contributed by atoms with Gasteiger partial charge in [-0.05, 0) is 55.2 Å². The Kier molecular flexibility index (Phi) is 9.72. The number of benzene rings is 3. The molecule has 1 aliphatic carbocycles. The van der Waals surface area contributed by atoms with Gasteiger partial charge in [0.2, 0.25) is 21.8 Å². The first-order valence-corrected chi connectivity index (χ1v) is 16.5. The van der Waals surface area contributed by atoms with Crippen LogP contribution < -0.4 is 15.8 Å². The summed E-state index contributed by atoms with van der Waals surface area (Å²) in [5, 5.41) is 3.15. The summed E-state index contributed by atoms with van der Waals surface area (Å²) in [4.78, 5) is 29.6. The van der Waals surface area contributed by atoms with Gasteiger partial charge in [0.15, 0.2) is 0 Å². The van der Waals surface area contributed by atoms with Crippen molar-refractivity contribution in [3.63, 3.8) is 0 Å². The van der Waals surface area contributed by atoms with Gasteiger partial charge in [-0.15, -0.1) is 0 Å². The van der Waals surface area contributed by atoms with Crippen LogP contribution in [0.3, 0.4) is 0 Å². The molecule has 1 saturated heterocycles. The highest BCUT2D eigenvalue weighted by atomic mass is 32.2. The Bertz CT molecular complexity index is 1390. The lowest BCUT2D eigenvalue weighted by Crippen LogP contribution is -2.56. The SMILES string of the molecule is NC1CCC(NC(=O)[C@@H]2CCCN2C(=O)[C@H](NS(=O)(=O)Cc2ccccc2)C(c2ccccc2)c2ccccc2)CC1. The van der Waals surface area contributed by atoms with Gasteiger partial charge < -0.3 is 16.0 Å². The minimum absolute atomic E-state index is 0.0383. The van der Waals surface area contributed by atoms with E-state index in [1.807, 2.05) is 66.7 Å². The summed E-state index contributed by atoms with van der Waals surface area (Å²) in [5.74, 6) is -1.44. The number of likely N-dealkylation sites (tertiary alicyclic amines) is 1. The molecule has 1 saturated carbocycles. The van der Waals surface area contributed by atoms with E-state index in [-0.39, 0.29) is 23.7 Å². The van der Waals surface area contributed by atoms with E-state index in [2.05, 4.69) is 10.0 Å². The number of carbonyl (C=O) groups excluding carboxylic acids is 2. The van der Waals surface area contributed by atoms with Gasteiger partial charge in [0.25, 0.3) is 0 Å². The largest absolute Gasteiger partial charge is 0.352 e. The number of sulfonamides is 1. The second-order valence-electron chi connectivity index (χ2n) is 11.4. The Labute approximate surface area is 248 Å². The van der Waals surface area contributed by atoms with E-state index in [0.717, 1.165) is 36.8 Å². The maximum Gasteiger partial charge on any atom is 0.243 e. The van der Waals surface area contributed by atoms with Crippen LogP contribution in [0, 0.1) is 0 Å². The number of nitrogens with one attached hydrogen (secondary N) is 2. The normalized spacial score (nSPS) is 21.7. The van der Waals surface area contributed by atoms with E-state index in [0.29, 0.717) is 24.9 Å². The predicted octanol–water partition coefficient (Wildman–Crippen LogP) is 3.68. The van der Waals surface area contributed by atoms with Crippen LogP contribution in [0.25, 0.3) is 0 Å². The molecule has 0 spiro atoms. The number of hydrogen-bond acceptors (Lipinski definition) is 5. The Morgan fingerprint density at radius 1 is 0.810 bits per heavy atom. The molecular formula is C33H40N4O4S. The van der Waals surface area contributed by atoms with Crippen LogP contribution in [-0.2, 0) is 25.4 Å². The van der Waals surface area contributed by atoms with Gasteiger partial charge >= 0.3 is 0 Å². The molecule has 222 valence electrons. The van der Waals surface area contributed by atoms with E-state index < -0.39 is 33.9 Å². The number of carbonyl (C=O) groups is 2. The number of amides is 2. The van der Waals surface area contributed by atoms with E-state index in [1.165, 1.54) is 0 Å². The third-order valence-electron chi connectivity index (χ3n) is 8.38. The second kappa shape index (κ2) is 13.6. The molecule has 3 aromatic rings. The summed E-state index contributed by atoms with van der Waals surface area (Å²) in [6.45, 7) is 0.389. The zero-order chi connectivity index (χ0) is 29.5. The molecule has 1 heterocycles. The van der Waals surface area contributed by atoms with Crippen LogP contribution >= 0.6 is 0 Å². The number of hydrogen-bond donors (Lipinski definition) is 3. The molecule has 2 aliphatic rings. The van der Waals surface area contributed by atoms with E-state index >= 15 is 0 Å². The Balaban J connectivity index is 1.47. The van der Waals surface area contributed by atoms with Crippen molar-refractivity contribution in [3.8, 4) is 0 Å². The fraction of sp³-hybridized carbons (Fsp3) is 0.394. The van der Waals surface area contributed by atoms with Crippen molar-refractivity contribution in [2.24, 2.45) is 5.73 Å². The maximum absolute atomic E-state index is 14.5. The van der Waals surface area contributed by atoms with Crippen molar-refractivity contribution in [2.75, 3.05) is 6.54 Å². The standard InChI is InChI=1S/C33H40N4O4S/c34-27-18-20-28(21-19-27)35-32(38)29-17-10-22-37(29)33(39)31(36-42(40,41)23-24-11-4-1-5-12-24)30(25-13-6-2-7-14-25)26-15-8-3-9-16-26/h1-9,11-16,27-31,36H,10,17-23,34H2,(H,35,38)/t27?,28?,29-,31+/m0/s1. The fourth-order valence-corrected chi connectivity index (χ4v) is 7.57. The summed E-state index contributed by atoms with van der Waals surface area (Å²) in [7, 11) is -3.94. The summed E-state index contributed by atoms with van der Waals surface area (Å²) in [6, 6.07) is 26.3. The molecule has 0 unspecified atom stereocenters. The molecule has 2 atom stereocenters. The zero-order valence-corrected chi connectivity index (χ0v) is 24.6. The summed E-state index contributed by atoms with van der Waals surface area (Å²) in [5.41, 5.74) is 8.29. The van der Waals surface area contributed by atoms with Gasteiger partial charge in [-0.2, -0.15) is 0 Å². The lowest BCUT2D eigenvalue weighted by atomic mass is 9.84. The van der Waals surface area contributed by atoms with E-state index in [4.69, 9.17) is 5.73 Å². The average molecular weight is 589 g/mol. The lowest BCUT2D eigenvalue weighted by Gasteiger charge is -2.34. The molecule has 2 fully saturated rings. The summed E-state index contributed by atoms with van der Waals surface area (Å²) < 4.78 is 30.1. The molecule has 2 amide bonds. The molecule has 0 bridgehead atoms. The monoisotopic (exact) mass is 588 g/mol. The van der Waals surface area contributed by atoms with Crippen molar-refractivity contribution in [1.29, 1.82) is 0 Å². The Hall–Kier alpha value is -3.53. The Morgan fingerprint density at radius 3 is 1.93 bits per heavy atom. The van der Waals surface area contributed by atoms with Crippen LogP contribution in [0.4, 0.5) is 0 Å². The smallest absolute Gasteiger partial charge is 0.243 e. The molecular weight excluding hydrogens is 548 g/mol. The molecule has 1 aliphatic heterocycles. The third-order valence-corrected chi connectivity index (χ3v) is 9.71. The minimum Gasteiger partial charge on any atom is -0.352 e. The van der Waals surface area contributed by atoms with Crippen molar-refractivity contribution < 1.29 is 18.0 Å². The highest BCUT2D eigenvalue weighted by molar-refractivity contribution is 7.88. The van der Waals surface area contributed by atoms with E-state index in [1.54, 1.807) is 29.2 Å². The summed E-state index contributed by atoms with van der Waals surface area (Å²) >= 11 is 0. The van der Waals surface area contributed by atoms with Crippen LogP contribution in [0.5, 0.6) is 0 Å². The number of nitrogens with two attached hydrogens (primary N) is 1. The molecule has 8 nitrogen and oxygen atoms in total.